The molecule has 32 heavy (non-hydrogen) atoms. The number of methoxy groups -OCH3 is 1. The smallest absolute Gasteiger partial charge is 0.328 e. The second-order valence-corrected chi connectivity index (χ2v) is 8.26. The van der Waals surface area contributed by atoms with Crippen molar-refractivity contribution in [3.63, 3.8) is 0 Å². The van der Waals surface area contributed by atoms with Crippen LogP contribution in [-0.4, -0.2) is 61.5 Å². The molecule has 1 heterocycles. The molecule has 0 aliphatic carbocycles. The molecule has 2 atom stereocenters. The number of carbonyl (C=O) groups is 3. The molecular weight excluding hydrogens is 406 g/mol. The second-order valence-electron chi connectivity index (χ2n) is 8.26. The number of amides is 2. The van der Waals surface area contributed by atoms with Crippen LogP contribution in [0.15, 0.2) is 60.7 Å². The van der Waals surface area contributed by atoms with E-state index in [-0.39, 0.29) is 17.7 Å². The van der Waals surface area contributed by atoms with E-state index in [4.69, 9.17) is 4.74 Å². The number of hydrogen-bond acceptors (Lipinski definition) is 5. The number of rotatable bonds is 7. The molecule has 1 saturated heterocycles. The molecule has 0 bridgehead atoms. The van der Waals surface area contributed by atoms with Crippen molar-refractivity contribution in [1.29, 1.82) is 0 Å². The predicted molar refractivity (Wildman–Crippen MR) is 122 cm³/mol. The number of esters is 1. The quantitative estimate of drug-likeness (QED) is 0.647. The molecule has 7 heteroatoms. The van der Waals surface area contributed by atoms with E-state index in [1.54, 1.807) is 4.90 Å². The average molecular weight is 438 g/mol. The normalized spacial score (nSPS) is 17.2. The van der Waals surface area contributed by atoms with Crippen molar-refractivity contribution < 1.29 is 19.1 Å². The molecule has 170 valence electrons. The maximum atomic E-state index is 13.9. The molecule has 0 saturated carbocycles. The molecule has 7 nitrogen and oxygen atoms in total. The van der Waals surface area contributed by atoms with Crippen LogP contribution < -0.4 is 10.6 Å². The number of piperazine rings is 1. The molecule has 3 rings (SSSR count). The lowest BCUT2D eigenvalue weighted by Gasteiger charge is -2.38. The third kappa shape index (κ3) is 5.34. The van der Waals surface area contributed by atoms with E-state index in [2.05, 4.69) is 10.6 Å². The molecule has 1 aliphatic rings. The van der Waals surface area contributed by atoms with Crippen molar-refractivity contribution in [1.82, 2.24) is 15.5 Å². The van der Waals surface area contributed by atoms with Gasteiger partial charge in [-0.3, -0.25) is 9.59 Å². The van der Waals surface area contributed by atoms with Gasteiger partial charge in [-0.1, -0.05) is 74.5 Å². The van der Waals surface area contributed by atoms with Gasteiger partial charge in [0, 0.05) is 19.6 Å². The molecule has 0 aromatic heterocycles. The fraction of sp³-hybridized carbons (Fsp3) is 0.400. The zero-order valence-corrected chi connectivity index (χ0v) is 18.8. The van der Waals surface area contributed by atoms with Crippen molar-refractivity contribution in [2.45, 2.75) is 31.8 Å². The van der Waals surface area contributed by atoms with Crippen LogP contribution >= 0.6 is 0 Å². The average Bonchev–Trinajstić information content (AvgIpc) is 2.83. The topological polar surface area (TPSA) is 87.7 Å². The first kappa shape index (κ1) is 23.5. The summed E-state index contributed by atoms with van der Waals surface area (Å²) in [6.45, 7) is 4.99. The number of ether oxygens (including phenoxy) is 1. The number of benzene rings is 2. The van der Waals surface area contributed by atoms with Gasteiger partial charge < -0.3 is 20.3 Å². The van der Waals surface area contributed by atoms with Crippen LogP contribution in [0.25, 0.3) is 0 Å². The summed E-state index contributed by atoms with van der Waals surface area (Å²) in [5, 5.41) is 5.99. The molecule has 1 fully saturated rings. The van der Waals surface area contributed by atoms with Gasteiger partial charge in [0.1, 0.15) is 12.1 Å². The summed E-state index contributed by atoms with van der Waals surface area (Å²) in [7, 11) is 1.30. The number of hydrogen-bond donors (Lipinski definition) is 2. The first-order chi connectivity index (χ1) is 15.4. The maximum absolute atomic E-state index is 13.9. The molecule has 2 aromatic rings. The van der Waals surface area contributed by atoms with Crippen molar-refractivity contribution >= 4 is 17.8 Å². The number of nitrogens with zero attached hydrogens (tertiary/aromatic N) is 1. The molecule has 2 N–H and O–H groups in total. The van der Waals surface area contributed by atoms with Crippen molar-refractivity contribution in [2.24, 2.45) is 5.92 Å². The molecule has 0 spiro atoms. The molecule has 1 aliphatic heterocycles. The summed E-state index contributed by atoms with van der Waals surface area (Å²) in [4.78, 5) is 40.8. The molecule has 0 radical (unpaired) electrons. The Hall–Kier alpha value is -3.19. The van der Waals surface area contributed by atoms with E-state index in [1.807, 2.05) is 74.5 Å². The molecular formula is C25H31N3O4. The van der Waals surface area contributed by atoms with Gasteiger partial charge in [-0.25, -0.2) is 4.79 Å². The summed E-state index contributed by atoms with van der Waals surface area (Å²) in [5.41, 5.74) is 1.74. The SMILES string of the molecule is COC(=O)C(NC(=O)C1CNCCN1C(=O)C(c1ccccc1)c1ccccc1)C(C)C. The first-order valence-corrected chi connectivity index (χ1v) is 10.9. The highest BCUT2D eigenvalue weighted by atomic mass is 16.5. The zero-order valence-electron chi connectivity index (χ0n) is 18.8. The summed E-state index contributed by atoms with van der Waals surface area (Å²) < 4.78 is 4.84. The highest BCUT2D eigenvalue weighted by molar-refractivity contribution is 5.94. The highest BCUT2D eigenvalue weighted by Crippen LogP contribution is 2.28. The Balaban J connectivity index is 1.89. The van der Waals surface area contributed by atoms with Crippen LogP contribution in [0.5, 0.6) is 0 Å². The molecule has 2 amide bonds. The van der Waals surface area contributed by atoms with E-state index in [9.17, 15) is 14.4 Å². The Kier molecular flexibility index (Phi) is 8.00. The van der Waals surface area contributed by atoms with Crippen molar-refractivity contribution in [2.75, 3.05) is 26.7 Å². The summed E-state index contributed by atoms with van der Waals surface area (Å²) >= 11 is 0. The van der Waals surface area contributed by atoms with Gasteiger partial charge in [0.25, 0.3) is 0 Å². The minimum absolute atomic E-state index is 0.136. The standard InChI is InChI=1S/C25H31N3O4/c1-17(2)22(25(31)32-3)27-23(29)20-16-26-14-15-28(20)24(30)21(18-10-6-4-7-11-18)19-12-8-5-9-13-19/h4-13,17,20-22,26H,14-16H2,1-3H3,(H,27,29). The van der Waals surface area contributed by atoms with E-state index in [0.717, 1.165) is 11.1 Å². The zero-order chi connectivity index (χ0) is 23.1. The molecule has 2 aromatic carbocycles. The number of nitrogens with one attached hydrogen (secondary N) is 2. The van der Waals surface area contributed by atoms with Gasteiger partial charge in [-0.15, -0.1) is 0 Å². The Morgan fingerprint density at radius 3 is 2.06 bits per heavy atom. The summed E-state index contributed by atoms with van der Waals surface area (Å²) in [6, 6.07) is 17.7. The Morgan fingerprint density at radius 1 is 1.00 bits per heavy atom. The Morgan fingerprint density at radius 2 is 1.56 bits per heavy atom. The maximum Gasteiger partial charge on any atom is 0.328 e. The van der Waals surface area contributed by atoms with Gasteiger partial charge in [0.15, 0.2) is 0 Å². The summed E-state index contributed by atoms with van der Waals surface area (Å²) in [6.07, 6.45) is 0. The van der Waals surface area contributed by atoms with Crippen molar-refractivity contribution in [3.05, 3.63) is 71.8 Å². The highest BCUT2D eigenvalue weighted by Gasteiger charge is 2.38. The van der Waals surface area contributed by atoms with Crippen LogP contribution in [-0.2, 0) is 19.1 Å². The first-order valence-electron chi connectivity index (χ1n) is 10.9. The predicted octanol–water partition coefficient (Wildman–Crippen LogP) is 1.93. The third-order valence-electron chi connectivity index (χ3n) is 5.76. The summed E-state index contributed by atoms with van der Waals surface area (Å²) in [5.74, 6) is -1.67. The lowest BCUT2D eigenvalue weighted by atomic mass is 9.89. The van der Waals surface area contributed by atoms with Gasteiger partial charge in [-0.05, 0) is 17.0 Å². The van der Waals surface area contributed by atoms with Gasteiger partial charge in [-0.2, -0.15) is 0 Å². The van der Waals surface area contributed by atoms with Gasteiger partial charge in [0.05, 0.1) is 13.0 Å². The van der Waals surface area contributed by atoms with E-state index < -0.39 is 24.0 Å². The molecule has 2 unspecified atom stereocenters. The van der Waals surface area contributed by atoms with E-state index in [1.165, 1.54) is 7.11 Å². The van der Waals surface area contributed by atoms with Crippen LogP contribution in [0.3, 0.4) is 0 Å². The third-order valence-corrected chi connectivity index (χ3v) is 5.76. The minimum atomic E-state index is -0.773. The van der Waals surface area contributed by atoms with Crippen LogP contribution in [0.4, 0.5) is 0 Å². The van der Waals surface area contributed by atoms with Crippen LogP contribution in [0.2, 0.25) is 0 Å². The van der Waals surface area contributed by atoms with Crippen molar-refractivity contribution in [3.8, 4) is 0 Å². The van der Waals surface area contributed by atoms with Gasteiger partial charge in [0.2, 0.25) is 11.8 Å². The monoisotopic (exact) mass is 437 g/mol. The lowest BCUT2D eigenvalue weighted by Crippen LogP contribution is -2.62. The van der Waals surface area contributed by atoms with Gasteiger partial charge >= 0.3 is 5.97 Å². The van der Waals surface area contributed by atoms with Crippen LogP contribution in [0.1, 0.15) is 30.9 Å². The minimum Gasteiger partial charge on any atom is -0.467 e. The second kappa shape index (κ2) is 10.9. The fourth-order valence-electron chi connectivity index (χ4n) is 4.01. The number of carbonyl (C=O) groups excluding carboxylic acids is 3. The fourth-order valence-corrected chi connectivity index (χ4v) is 4.01. The Labute approximate surface area is 189 Å². The lowest BCUT2D eigenvalue weighted by molar-refractivity contribution is -0.148. The largest absolute Gasteiger partial charge is 0.467 e. The Bertz CT molecular complexity index is 878. The van der Waals surface area contributed by atoms with E-state index in [0.29, 0.717) is 19.6 Å². The van der Waals surface area contributed by atoms with E-state index >= 15 is 0 Å². The van der Waals surface area contributed by atoms with Crippen LogP contribution in [0, 0.1) is 5.92 Å².